The Balaban J connectivity index is 2.62. The van der Waals surface area contributed by atoms with Gasteiger partial charge in [0.05, 0.1) is 0 Å². The van der Waals surface area contributed by atoms with Crippen LogP contribution in [0.15, 0.2) is 0 Å². The maximum atomic E-state index is 10.8. The van der Waals surface area contributed by atoms with Crippen LogP contribution in [-0.4, -0.2) is 30.9 Å². The fraction of sp³-hybridized carbons (Fsp3) is 0.750. The van der Waals surface area contributed by atoms with Crippen LogP contribution >= 0.6 is 0 Å². The van der Waals surface area contributed by atoms with Crippen molar-refractivity contribution in [2.45, 2.75) is 35.6 Å². The fourth-order valence-electron chi connectivity index (χ4n) is 1.36. The maximum absolute atomic E-state index is 10.8. The summed E-state index contributed by atoms with van der Waals surface area (Å²) in [6.45, 7) is 2.74. The molecule has 0 spiro atoms. The summed E-state index contributed by atoms with van der Waals surface area (Å²) in [6, 6.07) is 0. The van der Waals surface area contributed by atoms with E-state index in [9.17, 15) is 9.59 Å². The van der Waals surface area contributed by atoms with Crippen LogP contribution in [0.4, 0.5) is 0 Å². The third kappa shape index (κ3) is 3.17. The van der Waals surface area contributed by atoms with Gasteiger partial charge in [-0.1, -0.05) is 0 Å². The summed E-state index contributed by atoms with van der Waals surface area (Å²) in [4.78, 5) is 21.6. The third-order valence-corrected chi connectivity index (χ3v) is 9.97. The molecule has 0 bridgehead atoms. The summed E-state index contributed by atoms with van der Waals surface area (Å²) in [5, 5.41) is 0. The predicted molar refractivity (Wildman–Crippen MR) is 48.1 cm³/mol. The topological polar surface area (TPSA) is 52.6 Å². The van der Waals surface area contributed by atoms with E-state index in [0.717, 1.165) is 21.8 Å². The number of carbonyl (C=O) groups excluding carboxylic acids is 2. The van der Waals surface area contributed by atoms with Crippen LogP contribution < -0.4 is 0 Å². The van der Waals surface area contributed by atoms with E-state index in [1.807, 2.05) is 0 Å². The van der Waals surface area contributed by atoms with E-state index in [-0.39, 0.29) is 11.9 Å². The van der Waals surface area contributed by atoms with Crippen molar-refractivity contribution in [2.24, 2.45) is 0 Å². The minimum absolute atomic E-state index is 0.315. The van der Waals surface area contributed by atoms with Crippen molar-refractivity contribution >= 4 is 30.9 Å². The van der Waals surface area contributed by atoms with Gasteiger partial charge in [0.15, 0.2) is 0 Å². The molecule has 0 atom stereocenters. The molecule has 4 nitrogen and oxygen atoms in total. The van der Waals surface area contributed by atoms with Crippen LogP contribution in [0.3, 0.4) is 0 Å². The molecule has 1 saturated heterocycles. The average molecular weight is 302 g/mol. The van der Waals surface area contributed by atoms with Crippen molar-refractivity contribution in [3.05, 3.63) is 0 Å². The zero-order valence-electron chi connectivity index (χ0n) is 7.87. The Bertz CT molecular complexity index is 202. The Morgan fingerprint density at radius 2 is 1.38 bits per heavy atom. The molecule has 0 saturated carbocycles. The Hall–Kier alpha value is -0.270. The number of carbonyl (C=O) groups is 2. The molecule has 0 aromatic rings. The predicted octanol–water partition coefficient (Wildman–Crippen LogP) is 1.35. The van der Waals surface area contributed by atoms with Gasteiger partial charge in [0.2, 0.25) is 0 Å². The van der Waals surface area contributed by atoms with E-state index >= 15 is 0 Å². The zero-order chi connectivity index (χ0) is 9.90. The zero-order valence-corrected chi connectivity index (χ0v) is 10.2. The quantitative estimate of drug-likeness (QED) is 0.723. The van der Waals surface area contributed by atoms with E-state index < -0.39 is 19.0 Å². The summed E-state index contributed by atoms with van der Waals surface area (Å²) in [6.07, 6.45) is 2.03. The second-order valence-corrected chi connectivity index (χ2v) is 10.5. The standard InChI is InChI=1S/C8H14O4Te/c1-7(9)11-13(12-8(2)10)5-3-4-6-13/h3-6H2,1-2H3. The molecule has 0 amide bonds. The second-order valence-electron chi connectivity index (χ2n) is 3.01. The van der Waals surface area contributed by atoms with Gasteiger partial charge in [-0.15, -0.1) is 0 Å². The first kappa shape index (κ1) is 10.8. The molecule has 76 valence electrons. The minimum atomic E-state index is -3.01. The molecule has 1 fully saturated rings. The molecule has 1 heterocycles. The van der Waals surface area contributed by atoms with Crippen molar-refractivity contribution in [3.8, 4) is 0 Å². The van der Waals surface area contributed by atoms with E-state index in [1.54, 1.807) is 0 Å². The molecule has 1 rings (SSSR count). The summed E-state index contributed by atoms with van der Waals surface area (Å²) >= 11 is -3.01. The summed E-state index contributed by atoms with van der Waals surface area (Å²) < 4.78 is 12.0. The second kappa shape index (κ2) is 4.30. The van der Waals surface area contributed by atoms with Crippen molar-refractivity contribution in [3.63, 3.8) is 0 Å². The number of hydrogen-bond acceptors (Lipinski definition) is 4. The molecule has 13 heavy (non-hydrogen) atoms. The molecular formula is C8H14O4Te. The van der Waals surface area contributed by atoms with Gasteiger partial charge in [-0.25, -0.2) is 0 Å². The van der Waals surface area contributed by atoms with E-state index in [2.05, 4.69) is 0 Å². The molecule has 1 aliphatic heterocycles. The Kier molecular flexibility index (Phi) is 3.57. The first-order valence-corrected chi connectivity index (χ1v) is 9.43. The molecular weight excluding hydrogens is 288 g/mol. The molecule has 5 heteroatoms. The molecule has 0 aliphatic carbocycles. The summed E-state index contributed by atoms with van der Waals surface area (Å²) in [7, 11) is 0. The summed E-state index contributed by atoms with van der Waals surface area (Å²) in [5.74, 6) is -0.631. The SMILES string of the molecule is CC(=O)O[Te]1(OC(C)=O)CCCC1. The third-order valence-electron chi connectivity index (χ3n) is 1.70. The van der Waals surface area contributed by atoms with E-state index in [1.165, 1.54) is 13.8 Å². The first-order chi connectivity index (χ1) is 6.04. The molecule has 0 radical (unpaired) electrons. The van der Waals surface area contributed by atoms with E-state index in [4.69, 9.17) is 6.20 Å². The van der Waals surface area contributed by atoms with Gasteiger partial charge >= 0.3 is 82.4 Å². The monoisotopic (exact) mass is 304 g/mol. The van der Waals surface area contributed by atoms with Crippen LogP contribution in [0.1, 0.15) is 26.7 Å². The Labute approximate surface area is 82.5 Å². The van der Waals surface area contributed by atoms with Crippen LogP contribution in [0, 0.1) is 0 Å². The van der Waals surface area contributed by atoms with Gasteiger partial charge in [0.1, 0.15) is 0 Å². The van der Waals surface area contributed by atoms with Gasteiger partial charge in [0, 0.05) is 0 Å². The van der Waals surface area contributed by atoms with Gasteiger partial charge in [-0.3, -0.25) is 0 Å². The van der Waals surface area contributed by atoms with Crippen molar-refractivity contribution in [2.75, 3.05) is 0 Å². The van der Waals surface area contributed by atoms with Crippen molar-refractivity contribution in [1.82, 2.24) is 0 Å². The fourth-order valence-corrected chi connectivity index (χ4v) is 9.11. The summed E-state index contributed by atoms with van der Waals surface area (Å²) in [5.41, 5.74) is 0. The first-order valence-electron chi connectivity index (χ1n) is 4.23. The molecule has 0 aromatic heterocycles. The molecule has 0 unspecified atom stereocenters. The van der Waals surface area contributed by atoms with Crippen molar-refractivity contribution < 1.29 is 15.8 Å². The number of rotatable bonds is 2. The van der Waals surface area contributed by atoms with E-state index in [0.29, 0.717) is 0 Å². The van der Waals surface area contributed by atoms with Crippen LogP contribution in [-0.2, 0) is 15.8 Å². The molecule has 0 aromatic carbocycles. The Morgan fingerprint density at radius 3 is 1.69 bits per heavy atom. The van der Waals surface area contributed by atoms with Gasteiger partial charge in [-0.2, -0.15) is 0 Å². The van der Waals surface area contributed by atoms with Gasteiger partial charge in [-0.05, 0) is 0 Å². The normalized spacial score (nSPS) is 22.0. The van der Waals surface area contributed by atoms with Gasteiger partial charge < -0.3 is 0 Å². The molecule has 1 aliphatic rings. The van der Waals surface area contributed by atoms with Crippen LogP contribution in [0.2, 0.25) is 8.94 Å². The van der Waals surface area contributed by atoms with Crippen LogP contribution in [0.25, 0.3) is 0 Å². The Morgan fingerprint density at radius 1 is 1.00 bits per heavy atom. The average Bonchev–Trinajstić information content (AvgIpc) is 2.33. The van der Waals surface area contributed by atoms with Gasteiger partial charge in [0.25, 0.3) is 0 Å². The number of hydrogen-bond donors (Lipinski definition) is 0. The molecule has 0 N–H and O–H groups in total. The van der Waals surface area contributed by atoms with Crippen molar-refractivity contribution in [1.29, 1.82) is 0 Å². The van der Waals surface area contributed by atoms with Crippen LogP contribution in [0.5, 0.6) is 0 Å².